The van der Waals surface area contributed by atoms with E-state index in [2.05, 4.69) is 18.3 Å². The van der Waals surface area contributed by atoms with Crippen molar-refractivity contribution >= 4 is 28.9 Å². The molecule has 25 heavy (non-hydrogen) atoms. The van der Waals surface area contributed by atoms with Crippen LogP contribution in [0, 0.1) is 6.92 Å². The van der Waals surface area contributed by atoms with Crippen LogP contribution < -0.4 is 10.1 Å². The Hall–Kier alpha value is -2.16. The van der Waals surface area contributed by atoms with E-state index in [1.165, 1.54) is 5.56 Å². The lowest BCUT2D eigenvalue weighted by Gasteiger charge is -2.15. The van der Waals surface area contributed by atoms with Gasteiger partial charge in [0.1, 0.15) is 12.4 Å². The minimum atomic E-state index is 0.451. The van der Waals surface area contributed by atoms with Crippen molar-refractivity contribution in [2.45, 2.75) is 13.5 Å². The minimum Gasteiger partial charge on any atom is -0.487 e. The van der Waals surface area contributed by atoms with Crippen molar-refractivity contribution in [1.29, 1.82) is 0 Å². The van der Waals surface area contributed by atoms with E-state index in [1.54, 1.807) is 0 Å². The highest BCUT2D eigenvalue weighted by Crippen LogP contribution is 2.32. The second-order valence-electron chi connectivity index (χ2n) is 5.79. The Balaban J connectivity index is 1.86. The van der Waals surface area contributed by atoms with Gasteiger partial charge >= 0.3 is 0 Å². The van der Waals surface area contributed by atoms with Gasteiger partial charge in [-0.2, -0.15) is 0 Å². The van der Waals surface area contributed by atoms with Crippen molar-refractivity contribution in [3.05, 3.63) is 81.8 Å². The van der Waals surface area contributed by atoms with Gasteiger partial charge in [-0.1, -0.05) is 53.5 Å². The van der Waals surface area contributed by atoms with Crippen molar-refractivity contribution in [2.75, 3.05) is 12.4 Å². The molecule has 0 aliphatic heterocycles. The molecule has 128 valence electrons. The van der Waals surface area contributed by atoms with Gasteiger partial charge in [0, 0.05) is 23.3 Å². The molecule has 0 radical (unpaired) electrons. The molecule has 0 amide bonds. The number of hydrogen-bond donors (Lipinski definition) is 1. The van der Waals surface area contributed by atoms with Crippen molar-refractivity contribution in [1.82, 2.24) is 0 Å². The minimum absolute atomic E-state index is 0.451. The summed E-state index contributed by atoms with van der Waals surface area (Å²) in [5, 5.41) is 4.52. The number of hydrogen-bond acceptors (Lipinski definition) is 2. The topological polar surface area (TPSA) is 21.3 Å². The van der Waals surface area contributed by atoms with E-state index in [1.807, 2.05) is 61.6 Å². The van der Waals surface area contributed by atoms with E-state index >= 15 is 0 Å². The lowest BCUT2D eigenvalue weighted by molar-refractivity contribution is 0.306. The molecular weight excluding hydrogens is 353 g/mol. The number of ether oxygens (including phenoxy) is 1. The zero-order chi connectivity index (χ0) is 17.8. The summed E-state index contributed by atoms with van der Waals surface area (Å²) in [5.41, 5.74) is 5.46. The van der Waals surface area contributed by atoms with Gasteiger partial charge in [0.25, 0.3) is 0 Å². The van der Waals surface area contributed by atoms with Crippen LogP contribution in [0.15, 0.2) is 60.7 Å². The largest absolute Gasteiger partial charge is 0.487 e. The predicted octanol–water partition coefficient (Wildman–Crippen LogP) is 6.59. The molecule has 0 saturated carbocycles. The summed E-state index contributed by atoms with van der Waals surface area (Å²) in [5.74, 6) is 0.666. The van der Waals surface area contributed by atoms with Crippen molar-refractivity contribution < 1.29 is 4.74 Å². The molecule has 0 saturated heterocycles. The van der Waals surface area contributed by atoms with Gasteiger partial charge in [0.05, 0.1) is 5.02 Å². The van der Waals surface area contributed by atoms with Gasteiger partial charge in [-0.25, -0.2) is 0 Å². The van der Waals surface area contributed by atoms with Crippen LogP contribution >= 0.6 is 23.2 Å². The molecule has 2 nitrogen and oxygen atoms in total. The maximum atomic E-state index is 6.33. The molecule has 0 aliphatic rings. The third-order valence-electron chi connectivity index (χ3n) is 4.16. The number of aryl methyl sites for hydroxylation is 1. The summed E-state index contributed by atoms with van der Waals surface area (Å²) in [6.45, 7) is 2.53. The predicted molar refractivity (Wildman–Crippen MR) is 107 cm³/mol. The fourth-order valence-corrected chi connectivity index (χ4v) is 3.01. The summed E-state index contributed by atoms with van der Waals surface area (Å²) in [6.07, 6.45) is 0. The summed E-state index contributed by atoms with van der Waals surface area (Å²) >= 11 is 12.3. The molecule has 1 N–H and O–H groups in total. The Labute approximate surface area is 158 Å². The smallest absolute Gasteiger partial charge is 0.139 e. The van der Waals surface area contributed by atoms with Crippen LogP contribution in [-0.2, 0) is 6.61 Å². The molecule has 3 aromatic rings. The quantitative estimate of drug-likeness (QED) is 0.546. The maximum Gasteiger partial charge on any atom is 0.139 e. The van der Waals surface area contributed by atoms with Gasteiger partial charge in [-0.15, -0.1) is 0 Å². The summed E-state index contributed by atoms with van der Waals surface area (Å²) in [4.78, 5) is 0. The highest BCUT2D eigenvalue weighted by Gasteiger charge is 2.09. The Morgan fingerprint density at radius 1 is 0.920 bits per heavy atom. The second kappa shape index (κ2) is 7.81. The monoisotopic (exact) mass is 371 g/mol. The van der Waals surface area contributed by atoms with E-state index < -0.39 is 0 Å². The van der Waals surface area contributed by atoms with Crippen LogP contribution in [-0.4, -0.2) is 7.05 Å². The Morgan fingerprint density at radius 3 is 2.36 bits per heavy atom. The lowest BCUT2D eigenvalue weighted by Crippen LogP contribution is -2.03. The van der Waals surface area contributed by atoms with Crippen LogP contribution in [0.25, 0.3) is 11.1 Å². The Kier molecular flexibility index (Phi) is 5.52. The van der Waals surface area contributed by atoms with Gasteiger partial charge in [-0.05, 0) is 53.9 Å². The first-order valence-electron chi connectivity index (χ1n) is 8.03. The van der Waals surface area contributed by atoms with Crippen LogP contribution in [0.5, 0.6) is 5.75 Å². The SMILES string of the molecule is CNc1cccc(C)c1COc1cc(-c2ccc(Cl)cc2)ccc1Cl. The third-order valence-corrected chi connectivity index (χ3v) is 4.72. The fourth-order valence-electron chi connectivity index (χ4n) is 2.71. The molecule has 4 heteroatoms. The van der Waals surface area contributed by atoms with Gasteiger partial charge in [0.15, 0.2) is 0 Å². The number of benzene rings is 3. The number of rotatable bonds is 5. The fraction of sp³-hybridized carbons (Fsp3) is 0.143. The van der Waals surface area contributed by atoms with E-state index in [-0.39, 0.29) is 0 Å². The molecule has 0 spiro atoms. The third kappa shape index (κ3) is 4.09. The normalized spacial score (nSPS) is 10.6. The van der Waals surface area contributed by atoms with E-state index in [4.69, 9.17) is 27.9 Å². The molecule has 0 atom stereocenters. The molecule has 0 heterocycles. The summed E-state index contributed by atoms with van der Waals surface area (Å²) in [7, 11) is 1.91. The molecule has 0 aromatic heterocycles. The zero-order valence-corrected chi connectivity index (χ0v) is 15.7. The van der Waals surface area contributed by atoms with Gasteiger partial charge in [-0.3, -0.25) is 0 Å². The van der Waals surface area contributed by atoms with Crippen LogP contribution in [0.2, 0.25) is 10.0 Å². The standard InChI is InChI=1S/C21H19Cl2NO/c1-14-4-3-5-20(24-2)18(14)13-25-21-12-16(8-11-19(21)23)15-6-9-17(22)10-7-15/h3-12,24H,13H2,1-2H3. The van der Waals surface area contributed by atoms with Gasteiger partial charge < -0.3 is 10.1 Å². The van der Waals surface area contributed by atoms with Crippen LogP contribution in [0.3, 0.4) is 0 Å². The number of anilines is 1. The molecule has 0 bridgehead atoms. The molecule has 0 aliphatic carbocycles. The van der Waals surface area contributed by atoms with Crippen molar-refractivity contribution in [3.63, 3.8) is 0 Å². The molecular formula is C21H19Cl2NO. The lowest BCUT2D eigenvalue weighted by atomic mass is 10.1. The summed E-state index contributed by atoms with van der Waals surface area (Å²) < 4.78 is 6.03. The van der Waals surface area contributed by atoms with E-state index in [9.17, 15) is 0 Å². The summed E-state index contributed by atoms with van der Waals surface area (Å²) in [6, 6.07) is 19.6. The Morgan fingerprint density at radius 2 is 1.64 bits per heavy atom. The average molecular weight is 372 g/mol. The van der Waals surface area contributed by atoms with Crippen LogP contribution in [0.1, 0.15) is 11.1 Å². The second-order valence-corrected chi connectivity index (χ2v) is 6.64. The number of nitrogens with one attached hydrogen (secondary N) is 1. The van der Waals surface area contributed by atoms with Crippen molar-refractivity contribution in [2.24, 2.45) is 0 Å². The van der Waals surface area contributed by atoms with Crippen molar-refractivity contribution in [3.8, 4) is 16.9 Å². The maximum absolute atomic E-state index is 6.33. The Bertz CT molecular complexity index is 876. The molecule has 3 rings (SSSR count). The average Bonchev–Trinajstić information content (AvgIpc) is 2.62. The first-order chi connectivity index (χ1) is 12.1. The zero-order valence-electron chi connectivity index (χ0n) is 14.1. The first-order valence-corrected chi connectivity index (χ1v) is 8.78. The highest BCUT2D eigenvalue weighted by molar-refractivity contribution is 6.32. The van der Waals surface area contributed by atoms with Crippen LogP contribution in [0.4, 0.5) is 5.69 Å². The highest BCUT2D eigenvalue weighted by atomic mass is 35.5. The van der Waals surface area contributed by atoms with E-state index in [0.717, 1.165) is 22.4 Å². The van der Waals surface area contributed by atoms with E-state index in [0.29, 0.717) is 22.4 Å². The molecule has 0 unspecified atom stereocenters. The molecule has 3 aromatic carbocycles. The molecule has 0 fully saturated rings. The van der Waals surface area contributed by atoms with Gasteiger partial charge in [0.2, 0.25) is 0 Å². The first kappa shape index (κ1) is 17.7. The number of halogens is 2.